The lowest BCUT2D eigenvalue weighted by Crippen LogP contribution is -2.04. The average Bonchev–Trinajstić information content (AvgIpc) is 2.71. The Kier molecular flexibility index (Phi) is 8.92. The van der Waals surface area contributed by atoms with Gasteiger partial charge in [-0.15, -0.1) is 0 Å². The van der Waals surface area contributed by atoms with Crippen molar-refractivity contribution in [3.05, 3.63) is 59.7 Å². The Bertz CT molecular complexity index is 765. The summed E-state index contributed by atoms with van der Waals surface area (Å²) >= 11 is 0. The van der Waals surface area contributed by atoms with Crippen LogP contribution >= 0.6 is 0 Å². The molecule has 0 atom stereocenters. The van der Waals surface area contributed by atoms with Crippen LogP contribution in [0.4, 0.5) is 0 Å². The highest BCUT2D eigenvalue weighted by molar-refractivity contribution is 5.87. The van der Waals surface area contributed by atoms with Crippen molar-refractivity contribution >= 4 is 12.0 Å². The Hall–Kier alpha value is -2.95. The lowest BCUT2D eigenvalue weighted by molar-refractivity contribution is -0.137. The van der Waals surface area contributed by atoms with Crippen LogP contribution in [0, 0.1) is 0 Å². The van der Waals surface area contributed by atoms with E-state index in [1.54, 1.807) is 37.5 Å². The van der Waals surface area contributed by atoms with Crippen LogP contribution in [0.1, 0.15) is 37.3 Å². The van der Waals surface area contributed by atoms with Crippen LogP contribution in [0.2, 0.25) is 0 Å². The van der Waals surface area contributed by atoms with Gasteiger partial charge in [-0.2, -0.15) is 0 Å². The molecule has 2 aromatic carbocycles. The second-order valence-corrected chi connectivity index (χ2v) is 6.38. The van der Waals surface area contributed by atoms with Crippen molar-refractivity contribution in [1.29, 1.82) is 0 Å². The Balaban J connectivity index is 1.85. The van der Waals surface area contributed by atoms with Gasteiger partial charge in [0, 0.05) is 12.5 Å². The minimum Gasteiger partial charge on any atom is -0.508 e. The predicted octanol–water partition coefficient (Wildman–Crippen LogP) is 4.77. The first-order valence-electron chi connectivity index (χ1n) is 9.56. The number of hydrogen-bond acceptors (Lipinski definition) is 5. The lowest BCUT2D eigenvalue weighted by Gasteiger charge is -2.11. The maximum Gasteiger partial charge on any atom is 0.330 e. The average molecular weight is 384 g/mol. The standard InChI is InChI=1S/C23H28O5/c1-3-4-5-15-27-22-17-19(8-12-21(22)26-2)9-13-23(25)28-16-14-18-6-10-20(24)11-7-18/h6-13,17,24H,3-5,14-16H2,1-2H3. The second-order valence-electron chi connectivity index (χ2n) is 6.38. The Morgan fingerprint density at radius 2 is 1.82 bits per heavy atom. The number of aromatic hydroxyl groups is 1. The molecule has 5 nitrogen and oxygen atoms in total. The van der Waals surface area contributed by atoms with E-state index in [1.807, 2.05) is 18.2 Å². The highest BCUT2D eigenvalue weighted by atomic mass is 16.5. The van der Waals surface area contributed by atoms with Gasteiger partial charge in [0.25, 0.3) is 0 Å². The number of esters is 1. The van der Waals surface area contributed by atoms with Crippen molar-refractivity contribution in [2.75, 3.05) is 20.3 Å². The normalized spacial score (nSPS) is 10.8. The number of phenolic OH excluding ortho intramolecular Hbond substituents is 1. The van der Waals surface area contributed by atoms with Crippen LogP contribution in [0.25, 0.3) is 6.08 Å². The highest BCUT2D eigenvalue weighted by Gasteiger charge is 2.05. The molecule has 0 saturated carbocycles. The molecular weight excluding hydrogens is 356 g/mol. The molecule has 1 N–H and O–H groups in total. The summed E-state index contributed by atoms with van der Waals surface area (Å²) in [5.74, 6) is 1.16. The molecule has 0 aliphatic rings. The Morgan fingerprint density at radius 3 is 2.54 bits per heavy atom. The summed E-state index contributed by atoms with van der Waals surface area (Å²) in [6.45, 7) is 3.06. The number of rotatable bonds is 11. The molecule has 0 aliphatic carbocycles. The summed E-state index contributed by atoms with van der Waals surface area (Å²) in [6, 6.07) is 12.4. The van der Waals surface area contributed by atoms with Crippen LogP contribution < -0.4 is 9.47 Å². The van der Waals surface area contributed by atoms with E-state index >= 15 is 0 Å². The molecule has 150 valence electrons. The summed E-state index contributed by atoms with van der Waals surface area (Å²) in [4.78, 5) is 11.9. The van der Waals surface area contributed by atoms with E-state index in [2.05, 4.69) is 6.92 Å². The van der Waals surface area contributed by atoms with Crippen molar-refractivity contribution in [3.8, 4) is 17.2 Å². The maximum absolute atomic E-state index is 11.9. The van der Waals surface area contributed by atoms with E-state index in [1.165, 1.54) is 6.08 Å². The number of hydrogen-bond donors (Lipinski definition) is 1. The van der Waals surface area contributed by atoms with Gasteiger partial charge in [0.2, 0.25) is 0 Å². The van der Waals surface area contributed by atoms with Gasteiger partial charge in [-0.05, 0) is 47.9 Å². The quantitative estimate of drug-likeness (QED) is 0.343. The number of carbonyl (C=O) groups is 1. The summed E-state index contributed by atoms with van der Waals surface area (Å²) in [6.07, 6.45) is 6.95. The number of phenols is 1. The number of unbranched alkanes of at least 4 members (excludes halogenated alkanes) is 2. The minimum atomic E-state index is -0.403. The van der Waals surface area contributed by atoms with E-state index in [0.717, 1.165) is 30.4 Å². The molecule has 0 amide bonds. The van der Waals surface area contributed by atoms with Gasteiger partial charge in [0.05, 0.1) is 20.3 Å². The Morgan fingerprint density at radius 1 is 1.04 bits per heavy atom. The first-order valence-corrected chi connectivity index (χ1v) is 9.56. The maximum atomic E-state index is 11.9. The molecule has 0 aromatic heterocycles. The van der Waals surface area contributed by atoms with E-state index in [4.69, 9.17) is 14.2 Å². The van der Waals surface area contributed by atoms with Crippen molar-refractivity contribution in [3.63, 3.8) is 0 Å². The third kappa shape index (κ3) is 7.35. The molecule has 28 heavy (non-hydrogen) atoms. The highest BCUT2D eigenvalue weighted by Crippen LogP contribution is 2.28. The van der Waals surface area contributed by atoms with Crippen LogP contribution in [0.5, 0.6) is 17.2 Å². The SMILES string of the molecule is CCCCCOc1cc(C=CC(=O)OCCc2ccc(O)cc2)ccc1OC. The summed E-state index contributed by atoms with van der Waals surface area (Å²) in [5.41, 5.74) is 1.83. The first-order chi connectivity index (χ1) is 13.6. The third-order valence-electron chi connectivity index (χ3n) is 4.18. The van der Waals surface area contributed by atoms with Crippen LogP contribution in [-0.4, -0.2) is 31.4 Å². The molecule has 0 fully saturated rings. The topological polar surface area (TPSA) is 65.0 Å². The third-order valence-corrected chi connectivity index (χ3v) is 4.18. The van der Waals surface area contributed by atoms with E-state index in [0.29, 0.717) is 24.5 Å². The van der Waals surface area contributed by atoms with Gasteiger partial charge < -0.3 is 19.3 Å². The molecule has 2 aromatic rings. The molecule has 0 saturated heterocycles. The second kappa shape index (κ2) is 11.7. The molecule has 2 rings (SSSR count). The van der Waals surface area contributed by atoms with Crippen molar-refractivity contribution in [1.82, 2.24) is 0 Å². The monoisotopic (exact) mass is 384 g/mol. The largest absolute Gasteiger partial charge is 0.508 e. The van der Waals surface area contributed by atoms with Gasteiger partial charge in [-0.3, -0.25) is 0 Å². The molecule has 0 bridgehead atoms. The molecule has 0 heterocycles. The van der Waals surface area contributed by atoms with E-state index < -0.39 is 5.97 Å². The summed E-state index contributed by atoms with van der Waals surface area (Å²) in [5, 5.41) is 9.26. The number of benzene rings is 2. The smallest absolute Gasteiger partial charge is 0.330 e. The van der Waals surface area contributed by atoms with Gasteiger partial charge in [-0.25, -0.2) is 4.79 Å². The minimum absolute atomic E-state index is 0.219. The molecule has 0 aliphatic heterocycles. The summed E-state index contributed by atoms with van der Waals surface area (Å²) < 4.78 is 16.4. The van der Waals surface area contributed by atoms with Crippen LogP contribution in [0.15, 0.2) is 48.5 Å². The van der Waals surface area contributed by atoms with E-state index in [9.17, 15) is 9.90 Å². The number of carbonyl (C=O) groups excluding carboxylic acids is 1. The fourth-order valence-electron chi connectivity index (χ4n) is 2.59. The zero-order valence-corrected chi connectivity index (χ0v) is 16.5. The van der Waals surface area contributed by atoms with Crippen molar-refractivity contribution < 1.29 is 24.1 Å². The first kappa shape index (κ1) is 21.4. The van der Waals surface area contributed by atoms with Gasteiger partial charge >= 0.3 is 5.97 Å². The number of ether oxygens (including phenoxy) is 3. The lowest BCUT2D eigenvalue weighted by atomic mass is 10.1. The zero-order valence-electron chi connectivity index (χ0n) is 16.5. The van der Waals surface area contributed by atoms with E-state index in [-0.39, 0.29) is 12.4 Å². The fraction of sp³-hybridized carbons (Fsp3) is 0.348. The number of methoxy groups -OCH3 is 1. The van der Waals surface area contributed by atoms with Crippen molar-refractivity contribution in [2.45, 2.75) is 32.6 Å². The molecule has 5 heteroatoms. The molecular formula is C23H28O5. The van der Waals surface area contributed by atoms with Gasteiger partial charge in [0.15, 0.2) is 11.5 Å². The molecule has 0 spiro atoms. The van der Waals surface area contributed by atoms with Crippen molar-refractivity contribution in [2.24, 2.45) is 0 Å². The van der Waals surface area contributed by atoms with Crippen LogP contribution in [-0.2, 0) is 16.0 Å². The van der Waals surface area contributed by atoms with Gasteiger partial charge in [-0.1, -0.05) is 38.0 Å². The summed E-state index contributed by atoms with van der Waals surface area (Å²) in [7, 11) is 1.61. The Labute approximate surface area is 166 Å². The molecule has 0 radical (unpaired) electrons. The fourth-order valence-corrected chi connectivity index (χ4v) is 2.59. The predicted molar refractivity (Wildman–Crippen MR) is 110 cm³/mol. The zero-order chi connectivity index (χ0) is 20.2. The van der Waals surface area contributed by atoms with Gasteiger partial charge in [0.1, 0.15) is 5.75 Å². The van der Waals surface area contributed by atoms with Crippen LogP contribution in [0.3, 0.4) is 0 Å². The molecule has 0 unspecified atom stereocenters.